The van der Waals surface area contributed by atoms with Gasteiger partial charge < -0.3 is 10.5 Å². The lowest BCUT2D eigenvalue weighted by atomic mass is 10.2. The minimum atomic E-state index is -3.76. The standard InChI is InChI=1S/C13H19N3O3S/c1-10(2)16(6-7-19-3)20(17,18)13-5-4-12(15)8-11(13)9-14/h4-5,8,10H,6-7,15H2,1-3H3. The summed E-state index contributed by atoms with van der Waals surface area (Å²) in [5.74, 6) is 0. The third-order valence-corrected chi connectivity index (χ3v) is 4.94. The van der Waals surface area contributed by atoms with Gasteiger partial charge in [0.2, 0.25) is 10.0 Å². The first-order valence-electron chi connectivity index (χ1n) is 6.15. The van der Waals surface area contributed by atoms with Crippen LogP contribution in [-0.4, -0.2) is 39.0 Å². The Kier molecular flexibility index (Phi) is 5.51. The number of rotatable bonds is 6. The first-order chi connectivity index (χ1) is 9.34. The molecule has 0 aliphatic heterocycles. The smallest absolute Gasteiger partial charge is 0.244 e. The molecule has 7 heteroatoms. The summed E-state index contributed by atoms with van der Waals surface area (Å²) in [6.45, 7) is 4.06. The second kappa shape index (κ2) is 6.70. The zero-order chi connectivity index (χ0) is 15.3. The average Bonchev–Trinajstić information content (AvgIpc) is 2.37. The summed E-state index contributed by atoms with van der Waals surface area (Å²) >= 11 is 0. The molecule has 6 nitrogen and oxygen atoms in total. The van der Waals surface area contributed by atoms with Crippen molar-refractivity contribution in [2.24, 2.45) is 0 Å². The molecule has 0 bridgehead atoms. The summed E-state index contributed by atoms with van der Waals surface area (Å²) in [6.07, 6.45) is 0. The maximum Gasteiger partial charge on any atom is 0.244 e. The fourth-order valence-corrected chi connectivity index (χ4v) is 3.57. The van der Waals surface area contributed by atoms with E-state index in [1.807, 2.05) is 6.07 Å². The van der Waals surface area contributed by atoms with Crippen LogP contribution in [0, 0.1) is 11.3 Å². The van der Waals surface area contributed by atoms with Gasteiger partial charge in [-0.25, -0.2) is 8.42 Å². The van der Waals surface area contributed by atoms with Crippen LogP contribution in [0.15, 0.2) is 23.1 Å². The van der Waals surface area contributed by atoms with Crippen molar-refractivity contribution in [3.05, 3.63) is 23.8 Å². The van der Waals surface area contributed by atoms with Crippen molar-refractivity contribution < 1.29 is 13.2 Å². The minimum absolute atomic E-state index is 0.0287. The van der Waals surface area contributed by atoms with Gasteiger partial charge in [-0.15, -0.1) is 0 Å². The Labute approximate surface area is 119 Å². The summed E-state index contributed by atoms with van der Waals surface area (Å²) in [7, 11) is -2.25. The Hall–Kier alpha value is -1.62. The topological polar surface area (TPSA) is 96.4 Å². The second-order valence-corrected chi connectivity index (χ2v) is 6.43. The Balaban J connectivity index is 3.30. The first-order valence-corrected chi connectivity index (χ1v) is 7.59. The highest BCUT2D eigenvalue weighted by Crippen LogP contribution is 2.23. The number of anilines is 1. The quantitative estimate of drug-likeness (QED) is 0.795. The SMILES string of the molecule is COCCN(C(C)C)S(=O)(=O)c1ccc(N)cc1C#N. The summed E-state index contributed by atoms with van der Waals surface area (Å²) < 4.78 is 31.5. The van der Waals surface area contributed by atoms with Gasteiger partial charge in [0.15, 0.2) is 0 Å². The Morgan fingerprint density at radius 3 is 2.60 bits per heavy atom. The molecular weight excluding hydrogens is 278 g/mol. The molecule has 1 rings (SSSR count). The summed E-state index contributed by atoms with van der Waals surface area (Å²) in [5.41, 5.74) is 5.99. The van der Waals surface area contributed by atoms with E-state index in [0.29, 0.717) is 5.69 Å². The van der Waals surface area contributed by atoms with Gasteiger partial charge in [0.05, 0.1) is 12.2 Å². The van der Waals surface area contributed by atoms with E-state index in [9.17, 15) is 8.42 Å². The molecule has 0 saturated heterocycles. The van der Waals surface area contributed by atoms with Crippen LogP contribution in [0.1, 0.15) is 19.4 Å². The number of nitrogen functional groups attached to an aromatic ring is 1. The van der Waals surface area contributed by atoms with Crippen LogP contribution in [0.2, 0.25) is 0 Å². The lowest BCUT2D eigenvalue weighted by molar-refractivity contribution is 0.171. The Bertz CT molecular complexity index is 606. The number of hydrogen-bond acceptors (Lipinski definition) is 5. The zero-order valence-electron chi connectivity index (χ0n) is 11.8. The molecule has 0 spiro atoms. The molecule has 110 valence electrons. The number of methoxy groups -OCH3 is 1. The monoisotopic (exact) mass is 297 g/mol. The van der Waals surface area contributed by atoms with Crippen molar-refractivity contribution >= 4 is 15.7 Å². The van der Waals surface area contributed by atoms with Crippen LogP contribution in [0.4, 0.5) is 5.69 Å². The number of hydrogen-bond donors (Lipinski definition) is 1. The van der Waals surface area contributed by atoms with E-state index in [1.165, 1.54) is 29.6 Å². The predicted molar refractivity (Wildman–Crippen MR) is 76.5 cm³/mol. The molecule has 0 unspecified atom stereocenters. The maximum atomic E-state index is 12.6. The van der Waals surface area contributed by atoms with Gasteiger partial charge in [-0.1, -0.05) is 0 Å². The molecule has 1 aromatic rings. The van der Waals surface area contributed by atoms with Crippen molar-refractivity contribution in [1.82, 2.24) is 4.31 Å². The average molecular weight is 297 g/mol. The van der Waals surface area contributed by atoms with E-state index in [-0.39, 0.29) is 29.7 Å². The van der Waals surface area contributed by atoms with Crippen LogP contribution < -0.4 is 5.73 Å². The van der Waals surface area contributed by atoms with Crippen LogP contribution in [-0.2, 0) is 14.8 Å². The number of nitrogens with two attached hydrogens (primary N) is 1. The van der Waals surface area contributed by atoms with E-state index >= 15 is 0 Å². The number of ether oxygens (including phenoxy) is 1. The third kappa shape index (κ3) is 3.48. The fraction of sp³-hybridized carbons (Fsp3) is 0.462. The van der Waals surface area contributed by atoms with Crippen molar-refractivity contribution in [1.29, 1.82) is 5.26 Å². The number of benzene rings is 1. The molecule has 2 N–H and O–H groups in total. The molecule has 0 atom stereocenters. The molecule has 1 aromatic carbocycles. The fourth-order valence-electron chi connectivity index (χ4n) is 1.82. The molecule has 0 aromatic heterocycles. The zero-order valence-corrected chi connectivity index (χ0v) is 12.6. The van der Waals surface area contributed by atoms with Gasteiger partial charge in [-0.05, 0) is 32.0 Å². The van der Waals surface area contributed by atoms with Gasteiger partial charge in [-0.2, -0.15) is 9.57 Å². The highest BCUT2D eigenvalue weighted by molar-refractivity contribution is 7.89. The lowest BCUT2D eigenvalue weighted by Gasteiger charge is -2.26. The van der Waals surface area contributed by atoms with Crippen LogP contribution in [0.5, 0.6) is 0 Å². The van der Waals surface area contributed by atoms with Crippen LogP contribution >= 0.6 is 0 Å². The molecule has 0 amide bonds. The van der Waals surface area contributed by atoms with Crippen molar-refractivity contribution in [2.75, 3.05) is 26.0 Å². The maximum absolute atomic E-state index is 12.6. The second-order valence-electron chi connectivity index (χ2n) is 4.57. The van der Waals surface area contributed by atoms with E-state index in [0.717, 1.165) is 0 Å². The Morgan fingerprint density at radius 1 is 1.45 bits per heavy atom. The molecule has 20 heavy (non-hydrogen) atoms. The van der Waals surface area contributed by atoms with Crippen LogP contribution in [0.3, 0.4) is 0 Å². The normalized spacial score (nSPS) is 11.8. The summed E-state index contributed by atoms with van der Waals surface area (Å²) in [4.78, 5) is -0.0287. The summed E-state index contributed by atoms with van der Waals surface area (Å²) in [6, 6.07) is 5.84. The molecule has 0 aliphatic carbocycles. The first kappa shape index (κ1) is 16.4. The molecular formula is C13H19N3O3S. The lowest BCUT2D eigenvalue weighted by Crippen LogP contribution is -2.39. The van der Waals surface area contributed by atoms with Crippen LogP contribution in [0.25, 0.3) is 0 Å². The van der Waals surface area contributed by atoms with Crippen molar-refractivity contribution in [3.8, 4) is 6.07 Å². The van der Waals surface area contributed by atoms with Gasteiger partial charge in [0.25, 0.3) is 0 Å². The van der Waals surface area contributed by atoms with E-state index in [4.69, 9.17) is 15.7 Å². The van der Waals surface area contributed by atoms with Crippen molar-refractivity contribution in [3.63, 3.8) is 0 Å². The van der Waals surface area contributed by atoms with E-state index in [1.54, 1.807) is 13.8 Å². The molecule has 0 aliphatic rings. The van der Waals surface area contributed by atoms with Gasteiger partial charge in [0, 0.05) is 25.4 Å². The minimum Gasteiger partial charge on any atom is -0.399 e. The van der Waals surface area contributed by atoms with Gasteiger partial charge >= 0.3 is 0 Å². The number of sulfonamides is 1. The summed E-state index contributed by atoms with van der Waals surface area (Å²) in [5, 5.41) is 9.09. The number of nitrogens with zero attached hydrogens (tertiary/aromatic N) is 2. The highest BCUT2D eigenvalue weighted by atomic mass is 32.2. The Morgan fingerprint density at radius 2 is 2.10 bits per heavy atom. The third-order valence-electron chi connectivity index (χ3n) is 2.80. The highest BCUT2D eigenvalue weighted by Gasteiger charge is 2.29. The van der Waals surface area contributed by atoms with Gasteiger partial charge in [0.1, 0.15) is 11.0 Å². The molecule has 0 saturated carbocycles. The molecule has 0 fully saturated rings. The predicted octanol–water partition coefficient (Wildman–Crippen LogP) is 1.19. The van der Waals surface area contributed by atoms with Crippen molar-refractivity contribution in [2.45, 2.75) is 24.8 Å². The number of nitriles is 1. The van der Waals surface area contributed by atoms with Gasteiger partial charge in [-0.3, -0.25) is 0 Å². The van der Waals surface area contributed by atoms with E-state index < -0.39 is 10.0 Å². The van der Waals surface area contributed by atoms with E-state index in [2.05, 4.69) is 0 Å². The molecule has 0 heterocycles. The largest absolute Gasteiger partial charge is 0.399 e. The molecule has 0 radical (unpaired) electrons.